The monoisotopic (exact) mass is 307 g/mol. The molecule has 1 heterocycles. The first kappa shape index (κ1) is 15.8. The predicted octanol–water partition coefficient (Wildman–Crippen LogP) is 3.50. The Morgan fingerprint density at radius 1 is 1.43 bits per heavy atom. The van der Waals surface area contributed by atoms with Gasteiger partial charge in [0.2, 0.25) is 0 Å². The lowest BCUT2D eigenvalue weighted by atomic mass is 10.1. The fourth-order valence-electron chi connectivity index (χ4n) is 2.09. The van der Waals surface area contributed by atoms with Crippen molar-refractivity contribution in [3.05, 3.63) is 28.0 Å². The summed E-state index contributed by atoms with van der Waals surface area (Å²) in [5, 5.41) is 8.62. The van der Waals surface area contributed by atoms with Gasteiger partial charge in [0.1, 0.15) is 0 Å². The lowest BCUT2D eigenvalue weighted by molar-refractivity contribution is -0.131. The number of hydrogen-bond acceptors (Lipinski definition) is 3. The summed E-state index contributed by atoms with van der Waals surface area (Å²) >= 11 is 1.35. The molecule has 21 heavy (non-hydrogen) atoms. The Labute approximate surface area is 129 Å². The average Bonchev–Trinajstić information content (AvgIpc) is 3.14. The lowest BCUT2D eigenvalue weighted by Gasteiger charge is -2.22. The minimum atomic E-state index is -0.979. The van der Waals surface area contributed by atoms with Crippen LogP contribution in [0.25, 0.3) is 6.08 Å². The average molecular weight is 307 g/mol. The fraction of sp³-hybridized carbons (Fsp3) is 0.500. The van der Waals surface area contributed by atoms with Crippen LogP contribution in [0.5, 0.6) is 0 Å². The third kappa shape index (κ3) is 4.70. The summed E-state index contributed by atoms with van der Waals surface area (Å²) in [4.78, 5) is 26.6. The molecule has 1 aromatic rings. The molecule has 0 aliphatic heterocycles. The minimum absolute atomic E-state index is 0.0816. The molecule has 1 fully saturated rings. The molecule has 0 saturated heterocycles. The summed E-state index contributed by atoms with van der Waals surface area (Å²) in [6.07, 6.45) is 5.83. The molecule has 5 heteroatoms. The number of aliphatic carboxylic acids is 1. The number of rotatable bonds is 7. The second-order valence-electron chi connectivity index (χ2n) is 5.79. The normalized spacial score (nSPS) is 14.8. The number of carboxylic acid groups (broad SMARTS) is 1. The number of amides is 1. The molecule has 1 aromatic heterocycles. The maximum absolute atomic E-state index is 12.6. The van der Waals surface area contributed by atoms with Gasteiger partial charge in [-0.15, -0.1) is 11.3 Å². The van der Waals surface area contributed by atoms with Crippen molar-refractivity contribution in [2.24, 2.45) is 5.92 Å². The zero-order valence-electron chi connectivity index (χ0n) is 12.4. The van der Waals surface area contributed by atoms with E-state index in [4.69, 9.17) is 5.11 Å². The summed E-state index contributed by atoms with van der Waals surface area (Å²) < 4.78 is 0. The topological polar surface area (TPSA) is 57.6 Å². The highest BCUT2D eigenvalue weighted by Crippen LogP contribution is 2.30. The van der Waals surface area contributed by atoms with Crippen LogP contribution in [-0.4, -0.2) is 34.5 Å². The van der Waals surface area contributed by atoms with Gasteiger partial charge in [-0.05, 0) is 43.4 Å². The first-order valence-electron chi connectivity index (χ1n) is 7.29. The molecule has 0 bridgehead atoms. The predicted molar refractivity (Wildman–Crippen MR) is 84.5 cm³/mol. The van der Waals surface area contributed by atoms with Gasteiger partial charge in [0.15, 0.2) is 0 Å². The Bertz CT molecular complexity index is 543. The highest BCUT2D eigenvalue weighted by atomic mass is 32.1. The van der Waals surface area contributed by atoms with Gasteiger partial charge in [0.25, 0.3) is 5.91 Å². The Hall–Kier alpha value is -1.62. The van der Waals surface area contributed by atoms with Gasteiger partial charge in [0.05, 0.1) is 4.88 Å². The van der Waals surface area contributed by atoms with Gasteiger partial charge in [-0.2, -0.15) is 0 Å². The quantitative estimate of drug-likeness (QED) is 0.784. The van der Waals surface area contributed by atoms with E-state index in [-0.39, 0.29) is 5.91 Å². The summed E-state index contributed by atoms with van der Waals surface area (Å²) in [5.41, 5.74) is 0. The molecule has 4 nitrogen and oxygen atoms in total. The van der Waals surface area contributed by atoms with Crippen LogP contribution in [0.2, 0.25) is 0 Å². The molecule has 1 aliphatic carbocycles. The smallest absolute Gasteiger partial charge is 0.328 e. The van der Waals surface area contributed by atoms with Crippen molar-refractivity contribution in [2.75, 3.05) is 6.54 Å². The van der Waals surface area contributed by atoms with Crippen LogP contribution in [0.15, 0.2) is 18.2 Å². The van der Waals surface area contributed by atoms with E-state index in [9.17, 15) is 9.59 Å². The molecule has 0 aromatic carbocycles. The molecule has 1 saturated carbocycles. The van der Waals surface area contributed by atoms with Crippen molar-refractivity contribution in [1.29, 1.82) is 0 Å². The Morgan fingerprint density at radius 2 is 2.14 bits per heavy atom. The first-order chi connectivity index (χ1) is 9.97. The highest BCUT2D eigenvalue weighted by Gasteiger charge is 2.33. The summed E-state index contributed by atoms with van der Waals surface area (Å²) in [7, 11) is 0. The summed E-state index contributed by atoms with van der Waals surface area (Å²) in [6.45, 7) is 5.13. The van der Waals surface area contributed by atoms with Crippen LogP contribution in [0.3, 0.4) is 0 Å². The zero-order chi connectivity index (χ0) is 15.4. The van der Waals surface area contributed by atoms with Crippen LogP contribution in [0.4, 0.5) is 0 Å². The SMILES string of the molecule is CC(C)CCN(C(=O)c1ccc(/C=C/C(=O)O)s1)C1CC1. The van der Waals surface area contributed by atoms with E-state index in [0.29, 0.717) is 16.8 Å². The van der Waals surface area contributed by atoms with Crippen molar-refractivity contribution >= 4 is 29.3 Å². The zero-order valence-corrected chi connectivity index (χ0v) is 13.2. The van der Waals surface area contributed by atoms with E-state index in [1.54, 1.807) is 12.1 Å². The molecule has 1 N–H and O–H groups in total. The maximum Gasteiger partial charge on any atom is 0.328 e. The largest absolute Gasteiger partial charge is 0.478 e. The number of thiophene rings is 1. The Kier molecular flexibility index (Phi) is 5.17. The van der Waals surface area contributed by atoms with Crippen molar-refractivity contribution in [3.8, 4) is 0 Å². The number of nitrogens with zero attached hydrogens (tertiary/aromatic N) is 1. The van der Waals surface area contributed by atoms with Crippen molar-refractivity contribution in [1.82, 2.24) is 4.90 Å². The molecule has 0 radical (unpaired) electrons. The molecular formula is C16H21NO3S. The number of hydrogen-bond donors (Lipinski definition) is 1. The van der Waals surface area contributed by atoms with Gasteiger partial charge >= 0.3 is 5.97 Å². The second-order valence-corrected chi connectivity index (χ2v) is 6.90. The van der Waals surface area contributed by atoms with E-state index in [1.807, 2.05) is 4.90 Å². The van der Waals surface area contributed by atoms with E-state index in [1.165, 1.54) is 17.4 Å². The molecule has 114 valence electrons. The molecule has 0 atom stereocenters. The van der Waals surface area contributed by atoms with Crippen LogP contribution in [0.1, 0.15) is 47.7 Å². The van der Waals surface area contributed by atoms with Crippen molar-refractivity contribution < 1.29 is 14.7 Å². The number of carbonyl (C=O) groups is 2. The van der Waals surface area contributed by atoms with Crippen molar-refractivity contribution in [2.45, 2.75) is 39.2 Å². The standard InChI is InChI=1S/C16H21NO3S/c1-11(2)9-10-17(12-3-4-12)16(20)14-7-5-13(21-14)6-8-15(18)19/h5-8,11-12H,3-4,9-10H2,1-2H3,(H,18,19)/b8-6+. The molecule has 1 aliphatic rings. The Morgan fingerprint density at radius 3 is 2.71 bits per heavy atom. The molecular weight excluding hydrogens is 286 g/mol. The first-order valence-corrected chi connectivity index (χ1v) is 8.11. The lowest BCUT2D eigenvalue weighted by Crippen LogP contribution is -2.34. The molecule has 2 rings (SSSR count). The van der Waals surface area contributed by atoms with E-state index in [0.717, 1.165) is 36.8 Å². The van der Waals surface area contributed by atoms with Crippen LogP contribution in [-0.2, 0) is 4.79 Å². The van der Waals surface area contributed by atoms with E-state index >= 15 is 0 Å². The molecule has 0 unspecified atom stereocenters. The van der Waals surface area contributed by atoms with Crippen LogP contribution < -0.4 is 0 Å². The van der Waals surface area contributed by atoms with Gasteiger partial charge in [-0.25, -0.2) is 4.79 Å². The van der Waals surface area contributed by atoms with Gasteiger partial charge in [0, 0.05) is 23.5 Å². The number of carboxylic acids is 1. The van der Waals surface area contributed by atoms with E-state index in [2.05, 4.69) is 13.8 Å². The fourth-order valence-corrected chi connectivity index (χ4v) is 2.95. The van der Waals surface area contributed by atoms with Crippen molar-refractivity contribution in [3.63, 3.8) is 0 Å². The van der Waals surface area contributed by atoms with Gasteiger partial charge in [-0.1, -0.05) is 13.8 Å². The number of carbonyl (C=O) groups excluding carboxylic acids is 1. The molecule has 1 amide bonds. The van der Waals surface area contributed by atoms with Crippen LogP contribution in [0, 0.1) is 5.92 Å². The summed E-state index contributed by atoms with van der Waals surface area (Å²) in [6, 6.07) is 3.99. The third-order valence-electron chi connectivity index (χ3n) is 3.42. The summed E-state index contributed by atoms with van der Waals surface area (Å²) in [5.74, 6) is -0.317. The highest BCUT2D eigenvalue weighted by molar-refractivity contribution is 7.14. The van der Waals surface area contributed by atoms with Crippen LogP contribution >= 0.6 is 11.3 Å². The Balaban J connectivity index is 2.04. The second kappa shape index (κ2) is 6.89. The van der Waals surface area contributed by atoms with E-state index < -0.39 is 5.97 Å². The van der Waals surface area contributed by atoms with Gasteiger partial charge < -0.3 is 10.0 Å². The van der Waals surface area contributed by atoms with Gasteiger partial charge in [-0.3, -0.25) is 4.79 Å². The maximum atomic E-state index is 12.6. The molecule has 0 spiro atoms. The third-order valence-corrected chi connectivity index (χ3v) is 4.46. The minimum Gasteiger partial charge on any atom is -0.478 e.